The van der Waals surface area contributed by atoms with Crippen LogP contribution in [0.4, 0.5) is 23.2 Å². The van der Waals surface area contributed by atoms with Crippen molar-refractivity contribution in [3.05, 3.63) is 87.3 Å². The number of pyridine rings is 1. The summed E-state index contributed by atoms with van der Waals surface area (Å²) < 4.78 is 86.6. The number of sulfonamides is 1. The molecule has 4 aromatic rings. The van der Waals surface area contributed by atoms with Crippen LogP contribution in [0.1, 0.15) is 47.8 Å². The van der Waals surface area contributed by atoms with Gasteiger partial charge in [-0.05, 0) is 48.7 Å². The molecule has 48 heavy (non-hydrogen) atoms. The first-order valence-electron chi connectivity index (χ1n) is 14.3. The van der Waals surface area contributed by atoms with Gasteiger partial charge in [-0.15, -0.1) is 5.10 Å². The third-order valence-corrected chi connectivity index (χ3v) is 8.51. The van der Waals surface area contributed by atoms with Gasteiger partial charge in [0.15, 0.2) is 5.69 Å². The highest BCUT2D eigenvalue weighted by molar-refractivity contribution is 7.89. The summed E-state index contributed by atoms with van der Waals surface area (Å²) in [5, 5.41) is 9.54. The highest BCUT2D eigenvalue weighted by Crippen LogP contribution is 2.38. The lowest BCUT2D eigenvalue weighted by Gasteiger charge is -2.30. The number of carbonyl (C=O) groups is 2. The van der Waals surface area contributed by atoms with Gasteiger partial charge in [0.2, 0.25) is 15.9 Å². The Kier molecular flexibility index (Phi) is 9.64. The predicted octanol–water partition coefficient (Wildman–Crippen LogP) is 4.98. The molecule has 1 aliphatic carbocycles. The number of nitrogens with one attached hydrogen (secondary N) is 2. The molecule has 2 heterocycles. The first-order valence-corrected chi connectivity index (χ1v) is 16.5. The van der Waals surface area contributed by atoms with E-state index in [1.807, 2.05) is 0 Å². The zero-order valence-corrected chi connectivity index (χ0v) is 26.8. The lowest BCUT2D eigenvalue weighted by Crippen LogP contribution is -2.35. The molecule has 12 nitrogen and oxygen atoms in total. The van der Waals surface area contributed by atoms with Gasteiger partial charge >= 0.3 is 6.18 Å². The molecule has 0 saturated heterocycles. The zero-order valence-electron chi connectivity index (χ0n) is 25.2. The van der Waals surface area contributed by atoms with Crippen molar-refractivity contribution in [1.29, 1.82) is 0 Å². The van der Waals surface area contributed by atoms with Crippen LogP contribution in [0.15, 0.2) is 59.7 Å². The Hall–Kier alpha value is -4.77. The molecule has 0 aliphatic heterocycles. The van der Waals surface area contributed by atoms with Crippen molar-refractivity contribution in [2.45, 2.75) is 37.9 Å². The Morgan fingerprint density at radius 2 is 1.83 bits per heavy atom. The van der Waals surface area contributed by atoms with E-state index in [1.54, 1.807) is 4.72 Å². The maximum absolute atomic E-state index is 14.8. The van der Waals surface area contributed by atoms with Gasteiger partial charge in [0.25, 0.3) is 11.5 Å². The van der Waals surface area contributed by atoms with Crippen LogP contribution >= 0.6 is 11.6 Å². The number of methoxy groups -OCH3 is 1. The average Bonchev–Trinajstić information content (AvgIpc) is 3.47. The van der Waals surface area contributed by atoms with E-state index >= 15 is 0 Å². The van der Waals surface area contributed by atoms with Crippen molar-refractivity contribution in [3.63, 3.8) is 0 Å². The molecule has 2 amide bonds. The summed E-state index contributed by atoms with van der Waals surface area (Å²) in [5.41, 5.74) is -2.07. The molecule has 18 heteroatoms. The van der Waals surface area contributed by atoms with Gasteiger partial charge in [0, 0.05) is 27.9 Å². The highest BCUT2D eigenvalue weighted by Gasteiger charge is 2.35. The summed E-state index contributed by atoms with van der Waals surface area (Å²) in [6.07, 6.45) is 0.786. The van der Waals surface area contributed by atoms with E-state index in [0.717, 1.165) is 53.0 Å². The summed E-state index contributed by atoms with van der Waals surface area (Å²) in [6.45, 7) is 0. The molecular weight excluding hydrogens is 684 g/mol. The summed E-state index contributed by atoms with van der Waals surface area (Å²) in [5.74, 6) is -2.79. The number of anilines is 1. The molecule has 0 radical (unpaired) electrons. The molecule has 0 spiro atoms. The predicted molar refractivity (Wildman–Crippen MR) is 166 cm³/mol. The van der Waals surface area contributed by atoms with Crippen molar-refractivity contribution < 1.29 is 40.3 Å². The maximum atomic E-state index is 14.8. The Labute approximate surface area is 275 Å². The van der Waals surface area contributed by atoms with Crippen LogP contribution in [0.5, 0.6) is 5.75 Å². The molecule has 0 unspecified atom stereocenters. The fourth-order valence-corrected chi connectivity index (χ4v) is 5.82. The van der Waals surface area contributed by atoms with Gasteiger partial charge in [-0.3, -0.25) is 19.0 Å². The zero-order chi connectivity index (χ0) is 35.0. The van der Waals surface area contributed by atoms with Gasteiger partial charge in [-0.2, -0.15) is 13.2 Å². The van der Waals surface area contributed by atoms with Crippen LogP contribution in [-0.4, -0.2) is 53.2 Å². The van der Waals surface area contributed by atoms with Gasteiger partial charge < -0.3 is 10.1 Å². The number of carbonyl (C=O) groups excluding carboxylic acids is 2. The Morgan fingerprint density at radius 1 is 1.10 bits per heavy atom. The topological polar surface area (TPSA) is 154 Å². The van der Waals surface area contributed by atoms with Crippen molar-refractivity contribution in [2.75, 3.05) is 18.7 Å². The van der Waals surface area contributed by atoms with Gasteiger partial charge in [0.1, 0.15) is 17.6 Å². The van der Waals surface area contributed by atoms with Crippen LogP contribution in [0.3, 0.4) is 0 Å². The summed E-state index contributed by atoms with van der Waals surface area (Å²) in [7, 11) is -2.65. The minimum absolute atomic E-state index is 0.0572. The second kappa shape index (κ2) is 13.4. The van der Waals surface area contributed by atoms with Gasteiger partial charge in [-0.25, -0.2) is 22.2 Å². The van der Waals surface area contributed by atoms with Crippen LogP contribution in [-0.2, 0) is 21.0 Å². The van der Waals surface area contributed by atoms with Crippen molar-refractivity contribution in [1.82, 2.24) is 24.3 Å². The van der Waals surface area contributed by atoms with Crippen molar-refractivity contribution in [3.8, 4) is 22.6 Å². The number of hydrogen-bond donors (Lipinski definition) is 2. The second-order valence-corrected chi connectivity index (χ2v) is 13.3. The van der Waals surface area contributed by atoms with Crippen LogP contribution in [0.25, 0.3) is 16.8 Å². The minimum Gasteiger partial charge on any atom is -0.495 e. The first-order chi connectivity index (χ1) is 22.5. The largest absolute Gasteiger partial charge is 0.495 e. The van der Waals surface area contributed by atoms with Crippen LogP contribution in [0, 0.1) is 11.7 Å². The van der Waals surface area contributed by atoms with E-state index in [4.69, 9.17) is 16.3 Å². The summed E-state index contributed by atoms with van der Waals surface area (Å²) >= 11 is 6.24. The number of alkyl halides is 3. The highest BCUT2D eigenvalue weighted by atomic mass is 35.5. The van der Waals surface area contributed by atoms with E-state index in [-0.39, 0.29) is 45.6 Å². The summed E-state index contributed by atoms with van der Waals surface area (Å²) in [6, 6.07) is 7.36. The second-order valence-electron chi connectivity index (χ2n) is 11.1. The van der Waals surface area contributed by atoms with Crippen LogP contribution < -0.4 is 20.3 Å². The normalized spacial score (nSPS) is 14.2. The van der Waals surface area contributed by atoms with Gasteiger partial charge in [0.05, 0.1) is 37.0 Å². The molecule has 1 aliphatic rings. The molecule has 1 atom stereocenters. The number of aromatic nitrogens is 4. The first kappa shape index (κ1) is 34.6. The van der Waals surface area contributed by atoms with Crippen molar-refractivity contribution in [2.24, 2.45) is 5.92 Å². The number of benzene rings is 2. The molecule has 254 valence electrons. The lowest BCUT2D eigenvalue weighted by atomic mass is 9.80. The van der Waals surface area contributed by atoms with E-state index in [9.17, 15) is 40.4 Å². The minimum atomic E-state index is -4.75. The average molecular weight is 711 g/mol. The number of halogens is 5. The fraction of sp³-hybridized carbons (Fsp3) is 0.300. The van der Waals surface area contributed by atoms with E-state index < -0.39 is 56.7 Å². The number of hydrogen-bond acceptors (Lipinski definition) is 8. The third-order valence-electron chi connectivity index (χ3n) is 7.72. The van der Waals surface area contributed by atoms with Crippen LogP contribution in [0.2, 0.25) is 5.02 Å². The molecular formula is C30H27ClF4N6O6S. The fourth-order valence-electron chi connectivity index (χ4n) is 5.20. The number of ether oxygens (including phenoxy) is 1. The smallest absolute Gasteiger partial charge is 0.436 e. The SMILES string of the molecule is COc1cn([C@@H](CC2CCC2)C(=O)Nc2ccc(C(=O)NS(C)(=O)=O)c(F)c2)c(=O)cc1-c1cc(Cl)ccc1-n1cc(C(F)(F)F)nn1. The monoisotopic (exact) mass is 710 g/mol. The molecule has 1 fully saturated rings. The molecule has 0 bridgehead atoms. The van der Waals surface area contributed by atoms with E-state index in [0.29, 0.717) is 6.20 Å². The molecule has 2 aromatic heterocycles. The Bertz CT molecular complexity index is 2060. The van der Waals surface area contributed by atoms with E-state index in [1.165, 1.54) is 37.6 Å². The number of nitrogens with zero attached hydrogens (tertiary/aromatic N) is 4. The standard InChI is InChI=1S/C30H27ClF4N6O6S/c1-47-25-14-40(27(42)13-21(25)20-11-17(31)6-9-23(20)41-15-26(37-39-41)30(33,34)35)24(10-16-4-3-5-16)29(44)36-18-7-8-19(22(32)12-18)28(43)38-48(2,45)46/h6-9,11-16,24H,3-5,10H2,1-2H3,(H,36,44)(H,38,43)/t24-/m0/s1. The lowest BCUT2D eigenvalue weighted by molar-refractivity contribution is -0.141. The Balaban J connectivity index is 1.51. The van der Waals surface area contributed by atoms with Gasteiger partial charge in [-0.1, -0.05) is 36.1 Å². The molecule has 5 rings (SSSR count). The molecule has 1 saturated carbocycles. The quantitative estimate of drug-likeness (QED) is 0.219. The maximum Gasteiger partial charge on any atom is 0.436 e. The third kappa shape index (κ3) is 7.68. The molecule has 2 N–H and O–H groups in total. The summed E-state index contributed by atoms with van der Waals surface area (Å²) in [4.78, 5) is 39.5. The van der Waals surface area contributed by atoms with Crippen molar-refractivity contribution >= 4 is 39.1 Å². The Morgan fingerprint density at radius 3 is 2.42 bits per heavy atom. The number of amides is 2. The number of rotatable bonds is 10. The molecule has 2 aromatic carbocycles. The van der Waals surface area contributed by atoms with E-state index in [2.05, 4.69) is 15.6 Å².